The average Bonchev–Trinajstić information content (AvgIpc) is 3.02. The normalized spacial score (nSPS) is 10.8. The quantitative estimate of drug-likeness (QED) is 0.725. The van der Waals surface area contributed by atoms with E-state index in [1.165, 1.54) is 13.4 Å². The van der Waals surface area contributed by atoms with E-state index in [2.05, 4.69) is 21.9 Å². The first-order chi connectivity index (χ1) is 10.2. The van der Waals surface area contributed by atoms with Crippen molar-refractivity contribution >= 4 is 5.97 Å². The van der Waals surface area contributed by atoms with Gasteiger partial charge in [0, 0.05) is 6.54 Å². The molecular formula is C15H20N4O2. The fourth-order valence-corrected chi connectivity index (χ4v) is 2.13. The van der Waals surface area contributed by atoms with Gasteiger partial charge in [-0.1, -0.05) is 19.1 Å². The van der Waals surface area contributed by atoms with Gasteiger partial charge in [-0.2, -0.15) is 5.10 Å². The number of carbonyl (C=O) groups excluding carboxylic acids is 1. The van der Waals surface area contributed by atoms with Crippen LogP contribution in [0.25, 0.3) is 5.69 Å². The van der Waals surface area contributed by atoms with Gasteiger partial charge in [0.05, 0.1) is 19.3 Å². The predicted molar refractivity (Wildman–Crippen MR) is 78.9 cm³/mol. The molecule has 0 amide bonds. The van der Waals surface area contributed by atoms with Crippen molar-refractivity contribution < 1.29 is 9.53 Å². The molecular weight excluding hydrogens is 268 g/mol. The summed E-state index contributed by atoms with van der Waals surface area (Å²) < 4.78 is 6.44. The van der Waals surface area contributed by atoms with Crippen molar-refractivity contribution in [3.05, 3.63) is 42.5 Å². The lowest BCUT2D eigenvalue weighted by Gasteiger charge is -2.20. The summed E-state index contributed by atoms with van der Waals surface area (Å²) in [6.45, 7) is 3.99. The van der Waals surface area contributed by atoms with Crippen LogP contribution in [0.3, 0.4) is 0 Å². The maximum absolute atomic E-state index is 11.4. The molecule has 0 N–H and O–H groups in total. The van der Waals surface area contributed by atoms with E-state index in [-0.39, 0.29) is 5.97 Å². The summed E-state index contributed by atoms with van der Waals surface area (Å²) in [7, 11) is 1.42. The summed E-state index contributed by atoms with van der Waals surface area (Å²) >= 11 is 0. The smallest absolute Gasteiger partial charge is 0.319 e. The highest BCUT2D eigenvalue weighted by Gasteiger charge is 2.10. The van der Waals surface area contributed by atoms with Crippen LogP contribution in [0.5, 0.6) is 0 Å². The van der Waals surface area contributed by atoms with Gasteiger partial charge in [0.25, 0.3) is 0 Å². The summed E-state index contributed by atoms with van der Waals surface area (Å²) in [4.78, 5) is 17.4. The number of methoxy groups -OCH3 is 1. The molecule has 2 aromatic rings. The fourth-order valence-electron chi connectivity index (χ4n) is 2.13. The zero-order chi connectivity index (χ0) is 15.1. The number of hydrogen-bond acceptors (Lipinski definition) is 5. The number of aromatic nitrogens is 3. The first-order valence-corrected chi connectivity index (χ1v) is 6.96. The van der Waals surface area contributed by atoms with Gasteiger partial charge in [0.2, 0.25) is 0 Å². The molecule has 0 aliphatic carbocycles. The van der Waals surface area contributed by atoms with Crippen LogP contribution in [0, 0.1) is 0 Å². The maximum atomic E-state index is 11.4. The SMILES string of the molecule is CCCN(CC(=O)OC)Cc1ccc(-n2cncn2)cc1. The highest BCUT2D eigenvalue weighted by Crippen LogP contribution is 2.10. The average molecular weight is 288 g/mol. The molecule has 2 rings (SSSR count). The minimum atomic E-state index is -0.206. The van der Waals surface area contributed by atoms with E-state index in [4.69, 9.17) is 4.74 Å². The zero-order valence-electron chi connectivity index (χ0n) is 12.4. The van der Waals surface area contributed by atoms with Gasteiger partial charge in [-0.05, 0) is 30.7 Å². The highest BCUT2D eigenvalue weighted by molar-refractivity contribution is 5.71. The highest BCUT2D eigenvalue weighted by atomic mass is 16.5. The second-order valence-electron chi connectivity index (χ2n) is 4.79. The molecule has 0 spiro atoms. The van der Waals surface area contributed by atoms with Crippen molar-refractivity contribution in [3.8, 4) is 5.69 Å². The van der Waals surface area contributed by atoms with Crippen molar-refractivity contribution in [2.45, 2.75) is 19.9 Å². The minimum Gasteiger partial charge on any atom is -0.468 e. The van der Waals surface area contributed by atoms with E-state index in [1.807, 2.05) is 24.3 Å². The van der Waals surface area contributed by atoms with Gasteiger partial charge in [-0.3, -0.25) is 9.69 Å². The summed E-state index contributed by atoms with van der Waals surface area (Å²) in [6.07, 6.45) is 4.16. The second kappa shape index (κ2) is 7.54. The van der Waals surface area contributed by atoms with Gasteiger partial charge < -0.3 is 4.74 Å². The van der Waals surface area contributed by atoms with E-state index >= 15 is 0 Å². The van der Waals surface area contributed by atoms with Gasteiger partial charge in [-0.15, -0.1) is 0 Å². The zero-order valence-corrected chi connectivity index (χ0v) is 12.4. The Morgan fingerprint density at radius 3 is 2.67 bits per heavy atom. The Kier molecular flexibility index (Phi) is 5.45. The number of hydrogen-bond donors (Lipinski definition) is 0. The molecule has 6 nitrogen and oxygen atoms in total. The minimum absolute atomic E-state index is 0.206. The summed E-state index contributed by atoms with van der Waals surface area (Å²) in [5.74, 6) is -0.206. The van der Waals surface area contributed by atoms with E-state index in [9.17, 15) is 4.79 Å². The van der Waals surface area contributed by atoms with E-state index in [1.54, 1.807) is 11.0 Å². The van der Waals surface area contributed by atoms with Crippen LogP contribution in [0.2, 0.25) is 0 Å². The molecule has 0 saturated carbocycles. The van der Waals surface area contributed by atoms with Crippen LogP contribution >= 0.6 is 0 Å². The predicted octanol–water partition coefficient (Wildman–Crippen LogP) is 1.65. The van der Waals surface area contributed by atoms with Crippen LogP contribution in [0.4, 0.5) is 0 Å². The molecule has 0 aliphatic heterocycles. The largest absolute Gasteiger partial charge is 0.468 e. The first kappa shape index (κ1) is 15.2. The number of benzene rings is 1. The molecule has 1 heterocycles. The van der Waals surface area contributed by atoms with Crippen molar-refractivity contribution in [2.24, 2.45) is 0 Å². The van der Waals surface area contributed by atoms with Gasteiger partial charge in [0.15, 0.2) is 0 Å². The summed E-state index contributed by atoms with van der Waals surface area (Å²) in [5.41, 5.74) is 2.11. The lowest BCUT2D eigenvalue weighted by molar-refractivity contribution is -0.142. The Balaban J connectivity index is 2.01. The molecule has 21 heavy (non-hydrogen) atoms. The Bertz CT molecular complexity index is 552. The lowest BCUT2D eigenvalue weighted by atomic mass is 10.2. The molecule has 0 bridgehead atoms. The molecule has 0 unspecified atom stereocenters. The third-order valence-electron chi connectivity index (χ3n) is 3.15. The standard InChI is InChI=1S/C15H20N4O2/c1-3-8-18(10-15(20)21-2)9-13-4-6-14(7-5-13)19-12-16-11-17-19/h4-7,11-12H,3,8-10H2,1-2H3. The van der Waals surface area contributed by atoms with Crippen LogP contribution in [-0.2, 0) is 16.1 Å². The third-order valence-corrected chi connectivity index (χ3v) is 3.15. The van der Waals surface area contributed by atoms with Crippen molar-refractivity contribution in [1.82, 2.24) is 19.7 Å². The van der Waals surface area contributed by atoms with Crippen molar-refractivity contribution in [1.29, 1.82) is 0 Å². The first-order valence-electron chi connectivity index (χ1n) is 6.96. The Labute approximate surface area is 124 Å². The number of nitrogens with zero attached hydrogens (tertiary/aromatic N) is 4. The number of ether oxygens (including phenoxy) is 1. The van der Waals surface area contributed by atoms with Crippen molar-refractivity contribution in [2.75, 3.05) is 20.2 Å². The Hall–Kier alpha value is -2.21. The van der Waals surface area contributed by atoms with Crippen molar-refractivity contribution in [3.63, 3.8) is 0 Å². The van der Waals surface area contributed by atoms with Crippen LogP contribution in [-0.4, -0.2) is 45.8 Å². The maximum Gasteiger partial charge on any atom is 0.319 e. The van der Waals surface area contributed by atoms with Crippen LogP contribution in [0.15, 0.2) is 36.9 Å². The summed E-state index contributed by atoms with van der Waals surface area (Å²) in [5, 5.41) is 4.09. The van der Waals surface area contributed by atoms with Gasteiger partial charge in [-0.25, -0.2) is 9.67 Å². The molecule has 0 atom stereocenters. The Morgan fingerprint density at radius 2 is 2.10 bits per heavy atom. The van der Waals surface area contributed by atoms with E-state index < -0.39 is 0 Å². The fraction of sp³-hybridized carbons (Fsp3) is 0.400. The van der Waals surface area contributed by atoms with Gasteiger partial charge in [0.1, 0.15) is 12.7 Å². The van der Waals surface area contributed by atoms with Crippen LogP contribution in [0.1, 0.15) is 18.9 Å². The van der Waals surface area contributed by atoms with E-state index in [0.717, 1.165) is 30.8 Å². The van der Waals surface area contributed by atoms with E-state index in [0.29, 0.717) is 6.54 Å². The number of carbonyl (C=O) groups is 1. The second-order valence-corrected chi connectivity index (χ2v) is 4.79. The third kappa shape index (κ3) is 4.39. The summed E-state index contributed by atoms with van der Waals surface area (Å²) in [6, 6.07) is 8.06. The molecule has 1 aromatic heterocycles. The molecule has 1 aromatic carbocycles. The van der Waals surface area contributed by atoms with Crippen LogP contribution < -0.4 is 0 Å². The van der Waals surface area contributed by atoms with Gasteiger partial charge >= 0.3 is 5.97 Å². The topological polar surface area (TPSA) is 60.2 Å². The molecule has 112 valence electrons. The molecule has 0 fully saturated rings. The molecule has 6 heteroatoms. The molecule has 0 saturated heterocycles. The molecule has 0 aliphatic rings. The number of rotatable bonds is 7. The lowest BCUT2D eigenvalue weighted by Crippen LogP contribution is -2.30. The monoisotopic (exact) mass is 288 g/mol. The molecule has 0 radical (unpaired) electrons. The Morgan fingerprint density at radius 1 is 1.33 bits per heavy atom. The number of esters is 1.